The van der Waals surface area contributed by atoms with E-state index >= 15 is 0 Å². The summed E-state index contributed by atoms with van der Waals surface area (Å²) >= 11 is 5.81. The summed E-state index contributed by atoms with van der Waals surface area (Å²) in [4.78, 5) is 10.9. The maximum atomic E-state index is 10.9. The number of aliphatic hydroxyl groups is 3. The predicted molar refractivity (Wildman–Crippen MR) is 56.6 cm³/mol. The van der Waals surface area contributed by atoms with E-state index in [1.807, 2.05) is 0 Å². The molecule has 1 saturated heterocycles. The number of halogens is 1. The quantitative estimate of drug-likeness (QED) is 0.484. The van der Waals surface area contributed by atoms with Crippen LogP contribution in [0.4, 0.5) is 0 Å². The second-order valence-electron chi connectivity index (χ2n) is 3.77. The monoisotopic (exact) mass is 278 g/mol. The fourth-order valence-electron chi connectivity index (χ4n) is 1.68. The van der Waals surface area contributed by atoms with E-state index in [0.717, 1.165) is 4.68 Å². The number of nitrogens with zero attached hydrogens (tertiary/aromatic N) is 3. The molecule has 1 aromatic rings. The maximum absolute atomic E-state index is 10.9. The van der Waals surface area contributed by atoms with Gasteiger partial charge in [-0.15, -0.1) is 5.10 Å². The largest absolute Gasteiger partial charge is 0.394 e. The molecule has 10 heteroatoms. The Labute approximate surface area is 106 Å². The lowest BCUT2D eigenvalue weighted by Crippen LogP contribution is -2.33. The summed E-state index contributed by atoms with van der Waals surface area (Å²) in [5.74, 6) is -0.877. The third kappa shape index (κ3) is 1.95. The minimum Gasteiger partial charge on any atom is -0.394 e. The van der Waals surface area contributed by atoms with Gasteiger partial charge in [0.15, 0.2) is 17.1 Å². The number of hydrogen-bond acceptors (Lipinski definition) is 7. The summed E-state index contributed by atoms with van der Waals surface area (Å²) in [7, 11) is 0. The molecule has 2 rings (SSSR count). The molecule has 1 aromatic heterocycles. The summed E-state index contributed by atoms with van der Waals surface area (Å²) in [5, 5.41) is 35.0. The highest BCUT2D eigenvalue weighted by Gasteiger charge is 2.45. The molecule has 1 aliphatic rings. The summed E-state index contributed by atoms with van der Waals surface area (Å²) in [6.45, 7) is -0.482. The zero-order chi connectivity index (χ0) is 13.4. The van der Waals surface area contributed by atoms with Gasteiger partial charge in [-0.3, -0.25) is 4.79 Å². The van der Waals surface area contributed by atoms with Crippen molar-refractivity contribution in [2.24, 2.45) is 5.73 Å². The SMILES string of the molecule is NC(=O)c1nnn(C2OC(CO)C(O)C2O)c1Cl. The molecule has 0 bridgehead atoms. The molecule has 18 heavy (non-hydrogen) atoms. The minimum atomic E-state index is -1.36. The minimum absolute atomic E-state index is 0.211. The number of carbonyl (C=O) groups is 1. The van der Waals surface area contributed by atoms with Gasteiger partial charge >= 0.3 is 0 Å². The van der Waals surface area contributed by atoms with Crippen LogP contribution in [0.3, 0.4) is 0 Å². The summed E-state index contributed by atoms with van der Waals surface area (Å²) in [6, 6.07) is 0. The van der Waals surface area contributed by atoms with Crippen LogP contribution in [0, 0.1) is 0 Å². The molecule has 2 heterocycles. The van der Waals surface area contributed by atoms with E-state index in [2.05, 4.69) is 10.3 Å². The molecule has 4 unspecified atom stereocenters. The Morgan fingerprint density at radius 1 is 1.50 bits per heavy atom. The van der Waals surface area contributed by atoms with Crippen LogP contribution in [-0.4, -0.2) is 61.1 Å². The standard InChI is InChI=1S/C8H11ClN4O5/c9-6-3(7(10)17)11-12-13(6)8-5(16)4(15)2(1-14)18-8/h2,4-5,8,14-16H,1H2,(H2,10,17). The van der Waals surface area contributed by atoms with E-state index in [0.29, 0.717) is 0 Å². The van der Waals surface area contributed by atoms with Crippen molar-refractivity contribution < 1.29 is 24.9 Å². The third-order valence-electron chi connectivity index (χ3n) is 2.63. The second-order valence-corrected chi connectivity index (χ2v) is 4.12. The smallest absolute Gasteiger partial charge is 0.272 e. The van der Waals surface area contributed by atoms with Crippen molar-refractivity contribution in [3.63, 3.8) is 0 Å². The molecule has 1 amide bonds. The van der Waals surface area contributed by atoms with Crippen molar-refractivity contribution in [1.29, 1.82) is 0 Å². The van der Waals surface area contributed by atoms with Gasteiger partial charge in [-0.2, -0.15) is 0 Å². The van der Waals surface area contributed by atoms with Gasteiger partial charge in [0.05, 0.1) is 6.61 Å². The van der Waals surface area contributed by atoms with Crippen molar-refractivity contribution in [2.75, 3.05) is 6.61 Å². The third-order valence-corrected chi connectivity index (χ3v) is 2.98. The van der Waals surface area contributed by atoms with Gasteiger partial charge in [0.25, 0.3) is 5.91 Å². The number of primary amides is 1. The maximum Gasteiger partial charge on any atom is 0.272 e. The molecule has 1 fully saturated rings. The molecule has 0 saturated carbocycles. The van der Waals surface area contributed by atoms with Gasteiger partial charge in [-0.05, 0) is 0 Å². The first-order chi connectivity index (χ1) is 8.47. The zero-order valence-electron chi connectivity index (χ0n) is 8.97. The average Bonchev–Trinajstić information content (AvgIpc) is 2.82. The Morgan fingerprint density at radius 2 is 2.17 bits per heavy atom. The van der Waals surface area contributed by atoms with E-state index in [-0.39, 0.29) is 10.8 Å². The Morgan fingerprint density at radius 3 is 2.61 bits per heavy atom. The zero-order valence-corrected chi connectivity index (χ0v) is 9.73. The van der Waals surface area contributed by atoms with Gasteiger partial charge in [-0.1, -0.05) is 16.8 Å². The van der Waals surface area contributed by atoms with E-state index in [1.54, 1.807) is 0 Å². The van der Waals surface area contributed by atoms with E-state index in [4.69, 9.17) is 27.2 Å². The normalized spacial score (nSPS) is 31.8. The van der Waals surface area contributed by atoms with Crippen LogP contribution >= 0.6 is 11.6 Å². The predicted octanol–water partition coefficient (Wildman–Crippen LogP) is -2.36. The Bertz CT molecular complexity index is 466. The number of amides is 1. The first-order valence-electron chi connectivity index (χ1n) is 5.00. The van der Waals surface area contributed by atoms with E-state index in [9.17, 15) is 15.0 Å². The molecule has 0 aromatic carbocycles. The topological polar surface area (TPSA) is 144 Å². The molecule has 4 atom stereocenters. The molecule has 0 spiro atoms. The van der Waals surface area contributed by atoms with Crippen LogP contribution in [0.5, 0.6) is 0 Å². The number of nitrogens with two attached hydrogens (primary N) is 1. The molecule has 1 aliphatic heterocycles. The van der Waals surface area contributed by atoms with Gasteiger partial charge in [0.2, 0.25) is 0 Å². The lowest BCUT2D eigenvalue weighted by Gasteiger charge is -2.14. The summed E-state index contributed by atoms with van der Waals surface area (Å²) < 4.78 is 6.09. The number of aromatic nitrogens is 3. The number of ether oxygens (including phenoxy) is 1. The first-order valence-corrected chi connectivity index (χ1v) is 5.38. The number of hydrogen-bond donors (Lipinski definition) is 4. The van der Waals surface area contributed by atoms with Crippen LogP contribution in [0.25, 0.3) is 0 Å². The van der Waals surface area contributed by atoms with Gasteiger partial charge in [-0.25, -0.2) is 4.68 Å². The average molecular weight is 279 g/mol. The second kappa shape index (κ2) is 4.78. The van der Waals surface area contributed by atoms with Gasteiger partial charge < -0.3 is 25.8 Å². The molecule has 100 valence electrons. The summed E-state index contributed by atoms with van der Waals surface area (Å²) in [5.41, 5.74) is 4.74. The van der Waals surface area contributed by atoms with Crippen LogP contribution in [-0.2, 0) is 4.74 Å². The van der Waals surface area contributed by atoms with Crippen LogP contribution in [0.2, 0.25) is 5.15 Å². The van der Waals surface area contributed by atoms with E-state index in [1.165, 1.54) is 0 Å². The molecule has 9 nitrogen and oxygen atoms in total. The molecule has 0 aliphatic carbocycles. The fraction of sp³-hybridized carbons (Fsp3) is 0.625. The van der Waals surface area contributed by atoms with Crippen LogP contribution in [0.1, 0.15) is 16.7 Å². The van der Waals surface area contributed by atoms with Crippen molar-refractivity contribution in [2.45, 2.75) is 24.5 Å². The van der Waals surface area contributed by atoms with E-state index < -0.39 is 37.1 Å². The lowest BCUT2D eigenvalue weighted by molar-refractivity contribution is -0.0592. The van der Waals surface area contributed by atoms with Crippen molar-refractivity contribution in [3.8, 4) is 0 Å². The number of carbonyl (C=O) groups excluding carboxylic acids is 1. The Kier molecular flexibility index (Phi) is 3.50. The number of rotatable bonds is 3. The molecule has 0 radical (unpaired) electrons. The Balaban J connectivity index is 2.30. The lowest BCUT2D eigenvalue weighted by atomic mass is 10.1. The van der Waals surface area contributed by atoms with Crippen LogP contribution in [0.15, 0.2) is 0 Å². The Hall–Kier alpha value is -1.26. The highest BCUT2D eigenvalue weighted by atomic mass is 35.5. The van der Waals surface area contributed by atoms with Crippen molar-refractivity contribution >= 4 is 17.5 Å². The summed E-state index contributed by atoms with van der Waals surface area (Å²) in [6.07, 6.45) is -4.77. The van der Waals surface area contributed by atoms with Crippen molar-refractivity contribution in [3.05, 3.63) is 10.8 Å². The van der Waals surface area contributed by atoms with Crippen LogP contribution < -0.4 is 5.73 Å². The van der Waals surface area contributed by atoms with Gasteiger partial charge in [0.1, 0.15) is 18.3 Å². The molecular weight excluding hydrogens is 268 g/mol. The first kappa shape index (κ1) is 13.2. The highest BCUT2D eigenvalue weighted by molar-refractivity contribution is 6.32. The molecular formula is C8H11ClN4O5. The van der Waals surface area contributed by atoms with Gasteiger partial charge in [0, 0.05) is 0 Å². The fourth-order valence-corrected chi connectivity index (χ4v) is 1.94. The number of aliphatic hydroxyl groups excluding tert-OH is 3. The highest BCUT2D eigenvalue weighted by Crippen LogP contribution is 2.31. The molecule has 5 N–H and O–H groups in total. The van der Waals surface area contributed by atoms with Crippen molar-refractivity contribution in [1.82, 2.24) is 15.0 Å².